The first kappa shape index (κ1) is 19.0. The molecule has 0 saturated carbocycles. The first-order valence-electron chi connectivity index (χ1n) is 9.73. The number of fused-ring (bicyclic) bond motifs is 2. The third kappa shape index (κ3) is 3.33. The Labute approximate surface area is 176 Å². The summed E-state index contributed by atoms with van der Waals surface area (Å²) in [6.07, 6.45) is 1.76. The summed E-state index contributed by atoms with van der Waals surface area (Å²) in [4.78, 5) is 4.64. The number of aryl methyl sites for hydroxylation is 1. The van der Waals surface area contributed by atoms with E-state index in [0.717, 1.165) is 16.7 Å². The van der Waals surface area contributed by atoms with Crippen LogP contribution in [0.4, 0.5) is 0 Å². The van der Waals surface area contributed by atoms with Crippen molar-refractivity contribution in [1.82, 2.24) is 39.7 Å². The fourth-order valence-electron chi connectivity index (χ4n) is 3.29. The Morgan fingerprint density at radius 3 is 2.77 bits per heavy atom. The molecule has 0 spiro atoms. The molecule has 0 aromatic carbocycles. The van der Waals surface area contributed by atoms with E-state index in [-0.39, 0.29) is 18.5 Å². The summed E-state index contributed by atoms with van der Waals surface area (Å²) in [6, 6.07) is 7.63. The molecule has 0 fully saturated rings. The lowest BCUT2D eigenvalue weighted by molar-refractivity contribution is 0.264. The molecule has 158 valence electrons. The Bertz CT molecular complexity index is 1380. The van der Waals surface area contributed by atoms with Crippen LogP contribution in [0.15, 0.2) is 35.0 Å². The first-order valence-corrected chi connectivity index (χ1v) is 9.73. The van der Waals surface area contributed by atoms with Gasteiger partial charge in [-0.1, -0.05) is 5.16 Å². The molecule has 11 heteroatoms. The van der Waals surface area contributed by atoms with Crippen LogP contribution in [0.3, 0.4) is 0 Å². The van der Waals surface area contributed by atoms with E-state index in [1.807, 2.05) is 16.8 Å². The van der Waals surface area contributed by atoms with E-state index < -0.39 is 0 Å². The molecule has 0 aliphatic carbocycles. The number of hydrogen-bond donors (Lipinski definition) is 0. The molecule has 0 N–H and O–H groups in total. The highest BCUT2D eigenvalue weighted by molar-refractivity contribution is 5.74. The summed E-state index contributed by atoms with van der Waals surface area (Å²) in [6.45, 7) is 6.17. The van der Waals surface area contributed by atoms with E-state index in [0.29, 0.717) is 28.7 Å². The minimum Gasteiger partial charge on any atom is -0.491 e. The van der Waals surface area contributed by atoms with E-state index in [1.165, 1.54) is 0 Å². The van der Waals surface area contributed by atoms with Gasteiger partial charge in [0.2, 0.25) is 5.82 Å². The quantitative estimate of drug-likeness (QED) is 0.408. The zero-order valence-corrected chi connectivity index (χ0v) is 17.5. The van der Waals surface area contributed by atoms with Gasteiger partial charge in [0.25, 0.3) is 5.88 Å². The van der Waals surface area contributed by atoms with Crippen LogP contribution < -0.4 is 9.47 Å². The molecule has 0 aliphatic heterocycles. The monoisotopic (exact) mass is 420 g/mol. The summed E-state index contributed by atoms with van der Waals surface area (Å²) in [7, 11) is 1.54. The third-order valence-electron chi connectivity index (χ3n) is 4.76. The fourth-order valence-corrected chi connectivity index (χ4v) is 3.29. The van der Waals surface area contributed by atoms with Gasteiger partial charge in [-0.05, 0) is 32.9 Å². The highest BCUT2D eigenvalue weighted by Gasteiger charge is 2.18. The number of hydrogen-bond acceptors (Lipinski definition) is 9. The van der Waals surface area contributed by atoms with Gasteiger partial charge in [0, 0.05) is 18.2 Å². The smallest absolute Gasteiger partial charge is 0.275 e. The van der Waals surface area contributed by atoms with Gasteiger partial charge in [0.05, 0.1) is 24.5 Å². The zero-order valence-electron chi connectivity index (χ0n) is 17.5. The number of rotatable bonds is 6. The Morgan fingerprint density at radius 2 is 2.03 bits per heavy atom. The Hall–Kier alpha value is -4.02. The summed E-state index contributed by atoms with van der Waals surface area (Å²) in [5, 5.41) is 21.2. The molecule has 5 aromatic heterocycles. The summed E-state index contributed by atoms with van der Waals surface area (Å²) in [5.74, 6) is 1.84. The van der Waals surface area contributed by atoms with Crippen LogP contribution in [0.2, 0.25) is 0 Å². The minimum absolute atomic E-state index is 0.207. The van der Waals surface area contributed by atoms with Crippen molar-refractivity contribution < 1.29 is 14.0 Å². The van der Waals surface area contributed by atoms with E-state index in [4.69, 9.17) is 14.0 Å². The SMILES string of the molecule is COc1cc2nnc(-c3cc(C)on3)n2nc1OCc1ccc2c(cnn2C(C)C)n1. The maximum absolute atomic E-state index is 5.94. The number of methoxy groups -OCH3 is 1. The van der Waals surface area contributed by atoms with Crippen LogP contribution in [0.5, 0.6) is 11.6 Å². The molecule has 0 aliphatic rings. The molecule has 11 nitrogen and oxygen atoms in total. The van der Waals surface area contributed by atoms with Crippen molar-refractivity contribution >= 4 is 16.7 Å². The van der Waals surface area contributed by atoms with Crippen LogP contribution in [-0.2, 0) is 6.61 Å². The number of pyridine rings is 1. The van der Waals surface area contributed by atoms with Crippen molar-refractivity contribution in [3.05, 3.63) is 41.9 Å². The van der Waals surface area contributed by atoms with Crippen LogP contribution >= 0.6 is 0 Å². The van der Waals surface area contributed by atoms with Gasteiger partial charge in [0.1, 0.15) is 17.9 Å². The third-order valence-corrected chi connectivity index (χ3v) is 4.76. The Balaban J connectivity index is 1.46. The molecule has 0 saturated heterocycles. The molecule has 5 heterocycles. The van der Waals surface area contributed by atoms with Crippen molar-refractivity contribution in [2.24, 2.45) is 0 Å². The van der Waals surface area contributed by atoms with E-state index in [9.17, 15) is 0 Å². The molecule has 0 unspecified atom stereocenters. The second kappa shape index (κ2) is 7.35. The Kier molecular flexibility index (Phi) is 4.50. The van der Waals surface area contributed by atoms with Crippen molar-refractivity contribution in [3.8, 4) is 23.1 Å². The Morgan fingerprint density at radius 1 is 1.16 bits per heavy atom. The summed E-state index contributed by atoms with van der Waals surface area (Å²) in [5.41, 5.74) is 3.57. The minimum atomic E-state index is 0.207. The zero-order chi connectivity index (χ0) is 21.5. The average molecular weight is 420 g/mol. The molecule has 0 amide bonds. The molecule has 5 rings (SSSR count). The van der Waals surface area contributed by atoms with E-state index in [1.54, 1.807) is 36.9 Å². The molecule has 0 bridgehead atoms. The van der Waals surface area contributed by atoms with Crippen LogP contribution in [0.1, 0.15) is 31.3 Å². The normalized spacial score (nSPS) is 11.6. The lowest BCUT2D eigenvalue weighted by Gasteiger charge is -2.10. The van der Waals surface area contributed by atoms with Crippen molar-refractivity contribution in [1.29, 1.82) is 0 Å². The largest absolute Gasteiger partial charge is 0.491 e. The maximum atomic E-state index is 5.94. The van der Waals surface area contributed by atoms with Gasteiger partial charge >= 0.3 is 0 Å². The first-order chi connectivity index (χ1) is 15.0. The van der Waals surface area contributed by atoms with Crippen molar-refractivity contribution in [3.63, 3.8) is 0 Å². The highest BCUT2D eigenvalue weighted by atomic mass is 16.5. The van der Waals surface area contributed by atoms with Crippen molar-refractivity contribution in [2.75, 3.05) is 7.11 Å². The second-order valence-corrected chi connectivity index (χ2v) is 7.31. The van der Waals surface area contributed by atoms with Crippen LogP contribution in [0.25, 0.3) is 28.2 Å². The standard InChI is InChI=1S/C20H20N8O3/c1-11(2)27-16-6-5-13(22-15(16)9-21-27)10-30-20-17(29-4)8-18-23-24-19(28(18)25-20)14-7-12(3)31-26-14/h5-9,11H,10H2,1-4H3. The molecule has 5 aromatic rings. The lowest BCUT2D eigenvalue weighted by Crippen LogP contribution is -2.06. The maximum Gasteiger partial charge on any atom is 0.275 e. The average Bonchev–Trinajstić information content (AvgIpc) is 3.48. The van der Waals surface area contributed by atoms with E-state index >= 15 is 0 Å². The van der Waals surface area contributed by atoms with Gasteiger partial charge in [-0.3, -0.25) is 4.68 Å². The van der Waals surface area contributed by atoms with Gasteiger partial charge < -0.3 is 14.0 Å². The number of ether oxygens (including phenoxy) is 2. The van der Waals surface area contributed by atoms with Crippen LogP contribution in [-0.4, -0.2) is 46.8 Å². The molecular formula is C20H20N8O3. The van der Waals surface area contributed by atoms with Gasteiger partial charge in [0.15, 0.2) is 17.1 Å². The van der Waals surface area contributed by atoms with Gasteiger partial charge in [-0.25, -0.2) is 4.98 Å². The molecule has 31 heavy (non-hydrogen) atoms. The lowest BCUT2D eigenvalue weighted by atomic mass is 10.3. The predicted molar refractivity (Wildman–Crippen MR) is 110 cm³/mol. The number of aromatic nitrogens is 8. The number of nitrogens with zero attached hydrogens (tertiary/aromatic N) is 8. The van der Waals surface area contributed by atoms with Gasteiger partial charge in [-0.2, -0.15) is 9.61 Å². The molecule has 0 atom stereocenters. The highest BCUT2D eigenvalue weighted by Crippen LogP contribution is 2.28. The van der Waals surface area contributed by atoms with Gasteiger partial charge in [-0.15, -0.1) is 15.3 Å². The predicted octanol–water partition coefficient (Wildman–Crippen LogP) is 3.00. The van der Waals surface area contributed by atoms with Crippen molar-refractivity contribution in [2.45, 2.75) is 33.4 Å². The summed E-state index contributed by atoms with van der Waals surface area (Å²) >= 11 is 0. The topological polar surface area (TPSA) is 118 Å². The second-order valence-electron chi connectivity index (χ2n) is 7.31. The van der Waals surface area contributed by atoms with E-state index in [2.05, 4.69) is 44.4 Å². The molecule has 0 radical (unpaired) electrons. The van der Waals surface area contributed by atoms with Crippen LogP contribution in [0, 0.1) is 6.92 Å². The summed E-state index contributed by atoms with van der Waals surface area (Å²) < 4.78 is 20.0. The molecular weight excluding hydrogens is 400 g/mol. The fraction of sp³-hybridized carbons (Fsp3) is 0.300.